The van der Waals surface area contributed by atoms with Crippen molar-refractivity contribution in [3.05, 3.63) is 77.7 Å². The smallest absolute Gasteiger partial charge is 0.429 e. The number of alkyl halides is 3. The second kappa shape index (κ2) is 11.2. The Bertz CT molecular complexity index is 1330. The van der Waals surface area contributed by atoms with E-state index in [0.717, 1.165) is 5.57 Å². The Labute approximate surface area is 216 Å². The van der Waals surface area contributed by atoms with Crippen LogP contribution < -0.4 is 16.2 Å². The number of hydrogen-bond donors (Lipinski definition) is 3. The van der Waals surface area contributed by atoms with Crippen LogP contribution in [0.3, 0.4) is 0 Å². The number of aliphatic carboxylic acids is 1. The zero-order chi connectivity index (χ0) is 27.4. The van der Waals surface area contributed by atoms with E-state index in [4.69, 9.17) is 21.3 Å². The number of rotatable bonds is 8. The molecule has 0 radical (unpaired) electrons. The van der Waals surface area contributed by atoms with E-state index in [1.54, 1.807) is 6.07 Å². The molecular weight excluding hydrogens is 504 g/mol. The van der Waals surface area contributed by atoms with Crippen molar-refractivity contribution in [3.63, 3.8) is 0 Å². The lowest BCUT2D eigenvalue weighted by molar-refractivity contribution is -0.198. The molecule has 0 amide bonds. The first-order valence-corrected chi connectivity index (χ1v) is 11.9. The molecule has 3 aromatic rings. The van der Waals surface area contributed by atoms with Gasteiger partial charge in [0.1, 0.15) is 11.9 Å². The molecule has 1 heterocycles. The van der Waals surface area contributed by atoms with Crippen LogP contribution in [0.15, 0.2) is 60.7 Å². The Morgan fingerprint density at radius 3 is 2.45 bits per heavy atom. The van der Waals surface area contributed by atoms with Crippen LogP contribution in [0.5, 0.6) is 5.88 Å². The summed E-state index contributed by atoms with van der Waals surface area (Å²) < 4.78 is 60.9. The number of halogens is 4. The molecule has 1 unspecified atom stereocenters. The zero-order valence-corrected chi connectivity index (χ0v) is 20.2. The topological polar surface area (TPSA) is 124 Å². The number of carbonyl (C=O) groups is 1. The van der Waals surface area contributed by atoms with Gasteiger partial charge in [-0.2, -0.15) is 18.2 Å². The highest BCUT2D eigenvalue weighted by molar-refractivity contribution is 5.73. The Hall–Kier alpha value is -3.99. The van der Waals surface area contributed by atoms with Gasteiger partial charge in [-0.05, 0) is 60.4 Å². The molecule has 7 nitrogen and oxygen atoms in total. The number of anilines is 1. The predicted octanol–water partition coefficient (Wildman–Crippen LogP) is 5.53. The first-order chi connectivity index (χ1) is 18.0. The van der Waals surface area contributed by atoms with Crippen molar-refractivity contribution < 1.29 is 32.2 Å². The summed E-state index contributed by atoms with van der Waals surface area (Å²) in [4.78, 5) is 19.0. The van der Waals surface area contributed by atoms with E-state index < -0.39 is 30.1 Å². The van der Waals surface area contributed by atoms with Crippen LogP contribution in [0.25, 0.3) is 16.7 Å². The maximum Gasteiger partial charge on any atom is 0.429 e. The summed E-state index contributed by atoms with van der Waals surface area (Å²) >= 11 is 0. The van der Waals surface area contributed by atoms with E-state index >= 15 is 0 Å². The van der Waals surface area contributed by atoms with Gasteiger partial charge in [0.05, 0.1) is 5.69 Å². The first-order valence-electron chi connectivity index (χ1n) is 11.9. The molecular formula is C27H26F4N4O3. The maximum absolute atomic E-state index is 14.0. The molecule has 0 fully saturated rings. The van der Waals surface area contributed by atoms with E-state index in [9.17, 15) is 22.4 Å². The molecule has 2 aromatic carbocycles. The van der Waals surface area contributed by atoms with Crippen molar-refractivity contribution in [2.45, 2.75) is 44.0 Å². The highest BCUT2D eigenvalue weighted by atomic mass is 19.4. The molecule has 1 aliphatic rings. The second-order valence-corrected chi connectivity index (χ2v) is 9.17. The second-order valence-electron chi connectivity index (χ2n) is 9.17. The summed E-state index contributed by atoms with van der Waals surface area (Å²) in [5.74, 6) is -2.01. The van der Waals surface area contributed by atoms with Gasteiger partial charge in [-0.15, -0.1) is 0 Å². The summed E-state index contributed by atoms with van der Waals surface area (Å²) in [5.41, 5.74) is 13.4. The fourth-order valence-electron chi connectivity index (χ4n) is 4.43. The molecule has 5 N–H and O–H groups in total. The van der Waals surface area contributed by atoms with Crippen molar-refractivity contribution in [1.82, 2.24) is 9.97 Å². The van der Waals surface area contributed by atoms with Crippen molar-refractivity contribution in [2.24, 2.45) is 11.7 Å². The molecule has 0 aliphatic heterocycles. The van der Waals surface area contributed by atoms with Gasteiger partial charge in [-0.1, -0.05) is 42.5 Å². The number of carboxylic acid groups (broad SMARTS) is 1. The molecule has 3 atom stereocenters. The Morgan fingerprint density at radius 2 is 1.84 bits per heavy atom. The summed E-state index contributed by atoms with van der Waals surface area (Å²) in [6.07, 6.45) is -3.17. The van der Waals surface area contributed by atoms with Crippen molar-refractivity contribution in [3.8, 4) is 17.0 Å². The summed E-state index contributed by atoms with van der Waals surface area (Å²) in [6.45, 7) is 0. The van der Waals surface area contributed by atoms with Gasteiger partial charge in [0.2, 0.25) is 17.9 Å². The highest BCUT2D eigenvalue weighted by Crippen LogP contribution is 2.38. The van der Waals surface area contributed by atoms with E-state index in [-0.39, 0.29) is 23.3 Å². The zero-order valence-electron chi connectivity index (χ0n) is 20.2. The fourth-order valence-corrected chi connectivity index (χ4v) is 4.43. The lowest BCUT2D eigenvalue weighted by Crippen LogP contribution is -2.32. The van der Waals surface area contributed by atoms with E-state index in [2.05, 4.69) is 9.97 Å². The minimum Gasteiger partial charge on any atom is -0.480 e. The van der Waals surface area contributed by atoms with Gasteiger partial charge in [-0.3, -0.25) is 4.79 Å². The molecule has 0 saturated carbocycles. The molecule has 200 valence electrons. The van der Waals surface area contributed by atoms with Gasteiger partial charge in [0.25, 0.3) is 0 Å². The van der Waals surface area contributed by atoms with Crippen molar-refractivity contribution >= 4 is 17.5 Å². The Morgan fingerprint density at radius 1 is 1.11 bits per heavy atom. The van der Waals surface area contributed by atoms with Gasteiger partial charge < -0.3 is 21.3 Å². The third kappa shape index (κ3) is 6.65. The normalized spacial score (nSPS) is 17.4. The first kappa shape index (κ1) is 27.1. The lowest BCUT2D eigenvalue weighted by atomic mass is 9.84. The molecule has 0 saturated heterocycles. The number of aromatic nitrogens is 2. The quantitative estimate of drug-likeness (QED) is 0.327. The predicted molar refractivity (Wildman–Crippen MR) is 133 cm³/mol. The Balaban J connectivity index is 1.54. The summed E-state index contributed by atoms with van der Waals surface area (Å²) in [7, 11) is 0. The maximum atomic E-state index is 14.0. The van der Waals surface area contributed by atoms with Gasteiger partial charge in [0.15, 0.2) is 0 Å². The van der Waals surface area contributed by atoms with E-state index in [0.29, 0.717) is 42.5 Å². The molecule has 0 bridgehead atoms. The third-order valence-electron chi connectivity index (χ3n) is 6.38. The average molecular weight is 531 g/mol. The number of hydrogen-bond acceptors (Lipinski definition) is 6. The molecule has 11 heteroatoms. The molecule has 1 aromatic heterocycles. The lowest BCUT2D eigenvalue weighted by Gasteiger charge is -2.24. The van der Waals surface area contributed by atoms with Crippen LogP contribution in [0, 0.1) is 11.7 Å². The Kier molecular flexibility index (Phi) is 7.96. The number of nitrogen functional groups attached to an aromatic ring is 1. The number of ether oxygens (including phenoxy) is 1. The van der Waals surface area contributed by atoms with Crippen LogP contribution in [-0.2, 0) is 4.79 Å². The minimum atomic E-state index is -4.76. The van der Waals surface area contributed by atoms with Crippen LogP contribution in [-0.4, -0.2) is 33.3 Å². The number of nitrogens with zero attached hydrogens (tertiary/aromatic N) is 2. The van der Waals surface area contributed by atoms with Crippen LogP contribution in [0.1, 0.15) is 43.0 Å². The molecule has 4 rings (SSSR count). The van der Waals surface area contributed by atoms with Crippen molar-refractivity contribution in [1.29, 1.82) is 0 Å². The van der Waals surface area contributed by atoms with E-state index in [1.165, 1.54) is 48.5 Å². The van der Waals surface area contributed by atoms with Crippen molar-refractivity contribution in [2.75, 3.05) is 5.73 Å². The standard InChI is InChI=1S/C27H26F4N4O3/c28-20-3-1-2-19(13-20)16-8-10-18(11-9-16)24(27(29,30)31)38-23-14-22(34-26(33)35-23)17-6-4-15(5-7-17)12-21(32)25(36)37/h1-3,6,8-11,13-15,21,24H,4-5,7,12,32H2,(H,36,37)(H2,33,34,35)/t15?,21-,24+/m0/s1. The van der Waals surface area contributed by atoms with Gasteiger partial charge in [0, 0.05) is 11.6 Å². The number of allylic oxidation sites excluding steroid dienone is 2. The molecule has 1 aliphatic carbocycles. The third-order valence-corrected chi connectivity index (χ3v) is 6.38. The molecule has 38 heavy (non-hydrogen) atoms. The summed E-state index contributed by atoms with van der Waals surface area (Å²) in [6, 6.07) is 11.6. The van der Waals surface area contributed by atoms with E-state index in [1.807, 2.05) is 6.08 Å². The monoisotopic (exact) mass is 530 g/mol. The minimum absolute atomic E-state index is 0.0738. The SMILES string of the molecule is Nc1nc(O[C@H](c2ccc(-c3cccc(F)c3)cc2)C(F)(F)F)cc(C2=CCC(C[C@H](N)C(=O)O)CC2)n1. The fraction of sp³-hybridized carbons (Fsp3) is 0.296. The number of carboxylic acids is 1. The van der Waals surface area contributed by atoms with Crippen LogP contribution in [0.4, 0.5) is 23.5 Å². The van der Waals surface area contributed by atoms with Gasteiger partial charge in [-0.25, -0.2) is 9.37 Å². The largest absolute Gasteiger partial charge is 0.480 e. The molecule has 0 spiro atoms. The summed E-state index contributed by atoms with van der Waals surface area (Å²) in [5, 5.41) is 9.01. The van der Waals surface area contributed by atoms with Crippen LogP contribution >= 0.6 is 0 Å². The highest BCUT2D eigenvalue weighted by Gasteiger charge is 2.43. The average Bonchev–Trinajstić information content (AvgIpc) is 2.87. The van der Waals surface area contributed by atoms with Crippen LogP contribution in [0.2, 0.25) is 0 Å². The van der Waals surface area contributed by atoms with Gasteiger partial charge >= 0.3 is 12.1 Å². The number of nitrogens with two attached hydrogens (primary N) is 2. The number of benzene rings is 2.